The lowest BCUT2D eigenvalue weighted by atomic mass is 10.1. The molecule has 0 aliphatic rings. The third kappa shape index (κ3) is 2.65. The fraction of sp³-hybridized carbons (Fsp3) is 0.143. The molecule has 0 amide bonds. The molecule has 1 aromatic carbocycles. The third-order valence-electron chi connectivity index (χ3n) is 2.83. The van der Waals surface area contributed by atoms with E-state index in [2.05, 4.69) is 10.1 Å². The van der Waals surface area contributed by atoms with E-state index >= 15 is 0 Å². The van der Waals surface area contributed by atoms with Crippen LogP contribution in [0.25, 0.3) is 10.8 Å². The highest BCUT2D eigenvalue weighted by Crippen LogP contribution is 2.28. The van der Waals surface area contributed by atoms with Crippen molar-refractivity contribution in [2.45, 2.75) is 6.42 Å². The number of benzene rings is 1. The Hall–Kier alpha value is -2.34. The number of nitrogens with two attached hydrogens (primary N) is 1. The van der Waals surface area contributed by atoms with Crippen molar-refractivity contribution in [3.8, 4) is 16.5 Å². The minimum Gasteiger partial charge on any atom is -0.497 e. The summed E-state index contributed by atoms with van der Waals surface area (Å²) >= 11 is 1.43. The molecule has 0 atom stereocenters. The number of methoxy groups -OCH3 is 1. The minimum atomic E-state index is 0.509. The average molecular weight is 287 g/mol. The van der Waals surface area contributed by atoms with Crippen molar-refractivity contribution in [2.75, 3.05) is 12.8 Å². The maximum atomic E-state index is 5.69. The zero-order chi connectivity index (χ0) is 13.9. The molecule has 102 valence electrons. The van der Waals surface area contributed by atoms with E-state index in [1.54, 1.807) is 7.11 Å². The van der Waals surface area contributed by atoms with E-state index in [0.29, 0.717) is 18.1 Å². The second kappa shape index (κ2) is 5.34. The van der Waals surface area contributed by atoms with E-state index in [4.69, 9.17) is 15.0 Å². The maximum Gasteiger partial charge on any atom is 0.268 e. The van der Waals surface area contributed by atoms with Crippen molar-refractivity contribution in [3.63, 3.8) is 0 Å². The molecule has 0 fully saturated rings. The van der Waals surface area contributed by atoms with Crippen LogP contribution < -0.4 is 10.5 Å². The Labute approximate surface area is 120 Å². The number of ether oxygens (including phenoxy) is 1. The quantitative estimate of drug-likeness (QED) is 0.798. The number of rotatable bonds is 4. The van der Waals surface area contributed by atoms with Crippen molar-refractivity contribution in [3.05, 3.63) is 47.8 Å². The highest BCUT2D eigenvalue weighted by atomic mass is 32.1. The topological polar surface area (TPSA) is 74.2 Å². The number of nitrogen functional groups attached to an aromatic ring is 1. The molecule has 5 nitrogen and oxygen atoms in total. The highest BCUT2D eigenvalue weighted by Gasteiger charge is 2.11. The summed E-state index contributed by atoms with van der Waals surface area (Å²) in [6, 6.07) is 11.5. The molecule has 0 saturated carbocycles. The lowest BCUT2D eigenvalue weighted by Gasteiger charge is -2.00. The first-order valence-corrected chi connectivity index (χ1v) is 6.87. The predicted octanol–water partition coefficient (Wildman–Crippen LogP) is 2.98. The van der Waals surface area contributed by atoms with Crippen molar-refractivity contribution in [2.24, 2.45) is 0 Å². The first-order valence-electron chi connectivity index (χ1n) is 6.06. The van der Waals surface area contributed by atoms with E-state index in [1.165, 1.54) is 11.3 Å². The van der Waals surface area contributed by atoms with Crippen molar-refractivity contribution in [1.82, 2.24) is 10.1 Å². The molecule has 3 aromatic rings. The van der Waals surface area contributed by atoms with Crippen LogP contribution in [0.15, 0.2) is 40.9 Å². The first kappa shape index (κ1) is 12.7. The Morgan fingerprint density at radius 3 is 2.65 bits per heavy atom. The fourth-order valence-electron chi connectivity index (χ4n) is 1.82. The SMILES string of the molecule is COc1ccc(Cc2noc(-c3ccc(N)s3)n2)cc1. The number of aromatic nitrogens is 2. The molecule has 0 spiro atoms. The van der Waals surface area contributed by atoms with E-state index in [-0.39, 0.29) is 0 Å². The van der Waals surface area contributed by atoms with Gasteiger partial charge < -0.3 is 15.0 Å². The van der Waals surface area contributed by atoms with Gasteiger partial charge in [0.1, 0.15) is 5.75 Å². The average Bonchev–Trinajstić information content (AvgIpc) is 3.09. The lowest BCUT2D eigenvalue weighted by Crippen LogP contribution is -1.91. The maximum absolute atomic E-state index is 5.69. The highest BCUT2D eigenvalue weighted by molar-refractivity contribution is 7.19. The third-order valence-corrected chi connectivity index (χ3v) is 3.73. The second-order valence-corrected chi connectivity index (χ2v) is 5.36. The number of hydrogen-bond donors (Lipinski definition) is 1. The molecule has 0 saturated heterocycles. The molecule has 2 N–H and O–H groups in total. The molecule has 0 aliphatic heterocycles. The van der Waals surface area contributed by atoms with Crippen LogP contribution in [0, 0.1) is 0 Å². The molecule has 6 heteroatoms. The van der Waals surface area contributed by atoms with Gasteiger partial charge >= 0.3 is 0 Å². The van der Waals surface area contributed by atoms with E-state index < -0.39 is 0 Å². The van der Waals surface area contributed by atoms with Crippen LogP contribution in [0.3, 0.4) is 0 Å². The molecule has 0 radical (unpaired) electrons. The van der Waals surface area contributed by atoms with E-state index in [0.717, 1.165) is 21.2 Å². The Bertz CT molecular complexity index is 703. The molecule has 0 aliphatic carbocycles. The van der Waals surface area contributed by atoms with Crippen molar-refractivity contribution < 1.29 is 9.26 Å². The summed E-state index contributed by atoms with van der Waals surface area (Å²) in [7, 11) is 1.65. The molecular weight excluding hydrogens is 274 g/mol. The van der Waals surface area contributed by atoms with Crippen molar-refractivity contribution in [1.29, 1.82) is 0 Å². The molecule has 2 aromatic heterocycles. The number of anilines is 1. The van der Waals surface area contributed by atoms with Crippen LogP contribution in [0.2, 0.25) is 0 Å². The predicted molar refractivity (Wildman–Crippen MR) is 77.8 cm³/mol. The molecular formula is C14H13N3O2S. The summed E-state index contributed by atoms with van der Waals surface area (Å²) in [5, 5.41) is 4.72. The minimum absolute atomic E-state index is 0.509. The van der Waals surface area contributed by atoms with E-state index in [1.807, 2.05) is 36.4 Å². The summed E-state index contributed by atoms with van der Waals surface area (Å²) in [6.07, 6.45) is 0.619. The monoisotopic (exact) mass is 287 g/mol. The molecule has 0 unspecified atom stereocenters. The van der Waals surface area contributed by atoms with Gasteiger partial charge in [-0.25, -0.2) is 0 Å². The lowest BCUT2D eigenvalue weighted by molar-refractivity contribution is 0.414. The van der Waals surface area contributed by atoms with Gasteiger partial charge in [-0.3, -0.25) is 0 Å². The summed E-state index contributed by atoms with van der Waals surface area (Å²) in [4.78, 5) is 5.26. The van der Waals surface area contributed by atoms with Crippen molar-refractivity contribution >= 4 is 16.3 Å². The zero-order valence-corrected chi connectivity index (χ0v) is 11.7. The Kier molecular flexibility index (Phi) is 3.39. The number of thiophene rings is 1. The number of hydrogen-bond acceptors (Lipinski definition) is 6. The van der Waals surface area contributed by atoms with Crippen LogP contribution in [0.1, 0.15) is 11.4 Å². The van der Waals surface area contributed by atoms with Gasteiger partial charge in [0.05, 0.1) is 17.0 Å². The summed E-state index contributed by atoms with van der Waals surface area (Å²) in [6.45, 7) is 0. The smallest absolute Gasteiger partial charge is 0.268 e. The molecule has 0 bridgehead atoms. The van der Waals surface area contributed by atoms with Gasteiger partial charge in [-0.1, -0.05) is 17.3 Å². The van der Waals surface area contributed by atoms with E-state index in [9.17, 15) is 0 Å². The fourth-order valence-corrected chi connectivity index (χ4v) is 2.52. The van der Waals surface area contributed by atoms with Crippen LogP contribution >= 0.6 is 11.3 Å². The van der Waals surface area contributed by atoms with Gasteiger partial charge in [0, 0.05) is 6.42 Å². The van der Waals surface area contributed by atoms with Crippen LogP contribution in [-0.4, -0.2) is 17.3 Å². The van der Waals surface area contributed by atoms with Gasteiger partial charge in [-0.15, -0.1) is 11.3 Å². The molecule has 20 heavy (non-hydrogen) atoms. The van der Waals surface area contributed by atoms with Gasteiger partial charge in [0.25, 0.3) is 5.89 Å². The summed E-state index contributed by atoms with van der Waals surface area (Å²) in [5.74, 6) is 1.99. The summed E-state index contributed by atoms with van der Waals surface area (Å²) in [5.41, 5.74) is 6.79. The first-order chi connectivity index (χ1) is 9.74. The Balaban J connectivity index is 1.76. The normalized spacial score (nSPS) is 10.7. The Morgan fingerprint density at radius 1 is 1.20 bits per heavy atom. The Morgan fingerprint density at radius 2 is 2.00 bits per heavy atom. The summed E-state index contributed by atoms with van der Waals surface area (Å²) < 4.78 is 10.4. The van der Waals surface area contributed by atoms with Crippen LogP contribution in [0.5, 0.6) is 5.75 Å². The second-order valence-electron chi connectivity index (χ2n) is 4.24. The van der Waals surface area contributed by atoms with Gasteiger partial charge in [-0.05, 0) is 29.8 Å². The van der Waals surface area contributed by atoms with Crippen LogP contribution in [-0.2, 0) is 6.42 Å². The van der Waals surface area contributed by atoms with Gasteiger partial charge in [-0.2, -0.15) is 4.98 Å². The van der Waals surface area contributed by atoms with Gasteiger partial charge in [0.2, 0.25) is 0 Å². The van der Waals surface area contributed by atoms with Gasteiger partial charge in [0.15, 0.2) is 5.82 Å². The standard InChI is InChI=1S/C14H13N3O2S/c1-18-10-4-2-9(3-5-10)8-13-16-14(19-17-13)11-6-7-12(15)20-11/h2-7H,8,15H2,1H3. The largest absolute Gasteiger partial charge is 0.497 e. The zero-order valence-electron chi connectivity index (χ0n) is 10.9. The van der Waals surface area contributed by atoms with Crippen LogP contribution in [0.4, 0.5) is 5.00 Å². The molecule has 3 rings (SSSR count). The molecule has 2 heterocycles. The number of nitrogens with zero attached hydrogens (tertiary/aromatic N) is 2.